The van der Waals surface area contributed by atoms with Crippen LogP contribution in [0.4, 0.5) is 11.6 Å². The molecule has 4 aromatic heterocycles. The summed E-state index contributed by atoms with van der Waals surface area (Å²) in [5, 5.41) is 8.41. The third-order valence-electron chi connectivity index (χ3n) is 7.37. The predicted octanol–water partition coefficient (Wildman–Crippen LogP) is 2.88. The average Bonchev–Trinajstić information content (AvgIpc) is 3.37. The van der Waals surface area contributed by atoms with Gasteiger partial charge in [-0.25, -0.2) is 9.50 Å². The van der Waals surface area contributed by atoms with Gasteiger partial charge in [0, 0.05) is 68.3 Å². The van der Waals surface area contributed by atoms with Crippen molar-refractivity contribution in [1.82, 2.24) is 24.9 Å². The maximum Gasteiger partial charge on any atom is 0.250 e. The predicted molar refractivity (Wildman–Crippen MR) is 150 cm³/mol. The van der Waals surface area contributed by atoms with E-state index in [1.54, 1.807) is 19.2 Å². The minimum Gasteiger partial charge on any atom is -0.488 e. The van der Waals surface area contributed by atoms with Crippen molar-refractivity contribution in [2.45, 2.75) is 38.0 Å². The first kappa shape index (κ1) is 26.2. The molecule has 0 radical (unpaired) electrons. The fourth-order valence-corrected chi connectivity index (χ4v) is 5.43. The highest BCUT2D eigenvalue weighted by Crippen LogP contribution is 2.34. The Morgan fingerprint density at radius 1 is 1.12 bits per heavy atom. The van der Waals surface area contributed by atoms with Gasteiger partial charge in [0.05, 0.1) is 37.1 Å². The van der Waals surface area contributed by atoms with Crippen molar-refractivity contribution < 1.29 is 19.0 Å². The van der Waals surface area contributed by atoms with Gasteiger partial charge in [0.15, 0.2) is 5.82 Å². The number of amides is 1. The van der Waals surface area contributed by atoms with E-state index in [4.69, 9.17) is 25.0 Å². The van der Waals surface area contributed by atoms with Gasteiger partial charge >= 0.3 is 0 Å². The highest BCUT2D eigenvalue weighted by atomic mass is 16.5. The summed E-state index contributed by atoms with van der Waals surface area (Å²) in [6.45, 7) is 4.43. The number of carbonyl (C=O) groups is 1. The Morgan fingerprint density at radius 2 is 1.95 bits per heavy atom. The molecule has 6 rings (SSSR count). The van der Waals surface area contributed by atoms with Crippen LogP contribution in [0.25, 0.3) is 16.6 Å². The number of nitrogens with zero attached hydrogens (tertiary/aromatic N) is 5. The van der Waals surface area contributed by atoms with Gasteiger partial charge in [0.1, 0.15) is 17.7 Å². The molecule has 11 nitrogen and oxygen atoms in total. The van der Waals surface area contributed by atoms with Gasteiger partial charge in [-0.2, -0.15) is 0 Å². The van der Waals surface area contributed by atoms with E-state index in [-0.39, 0.29) is 6.10 Å². The standard InChI is InChI=1S/C29H33N7O4/c1-18-9-25(26(15-31-18)40-24-11-21-16-39-17-22(12-24)33-21)19-5-6-36-23(10-19)13-28(34-36)35(7-8-38-2)27-4-3-20(14-32-27)29(30)37/h3-6,9-10,13-15,21-22,24,33H,7-8,11-12,16-17H2,1-2H3,(H2,30,37). The molecule has 6 heterocycles. The van der Waals surface area contributed by atoms with Crippen molar-refractivity contribution in [3.8, 4) is 16.9 Å². The Hall–Kier alpha value is -4.06. The molecule has 2 aliphatic heterocycles. The van der Waals surface area contributed by atoms with Crippen LogP contribution in [-0.2, 0) is 9.47 Å². The van der Waals surface area contributed by atoms with Crippen LogP contribution in [0, 0.1) is 6.92 Å². The first-order valence-corrected chi connectivity index (χ1v) is 13.5. The number of pyridine rings is 3. The lowest BCUT2D eigenvalue weighted by molar-refractivity contribution is -0.0122. The largest absolute Gasteiger partial charge is 0.488 e. The number of morpholine rings is 1. The first-order chi connectivity index (χ1) is 19.5. The summed E-state index contributed by atoms with van der Waals surface area (Å²) in [6, 6.07) is 12.3. The van der Waals surface area contributed by atoms with E-state index in [1.807, 2.05) is 40.9 Å². The van der Waals surface area contributed by atoms with E-state index in [1.165, 1.54) is 6.20 Å². The third kappa shape index (κ3) is 5.48. The van der Waals surface area contributed by atoms with E-state index in [0.29, 0.717) is 42.4 Å². The zero-order chi connectivity index (χ0) is 27.6. The molecular weight excluding hydrogens is 510 g/mol. The van der Waals surface area contributed by atoms with Crippen molar-refractivity contribution in [2.24, 2.45) is 5.73 Å². The fraction of sp³-hybridized carbons (Fsp3) is 0.379. The molecule has 2 bridgehead atoms. The molecule has 4 aromatic rings. The molecule has 2 aliphatic rings. The molecule has 0 aliphatic carbocycles. The topological polar surface area (TPSA) is 129 Å². The summed E-state index contributed by atoms with van der Waals surface area (Å²) in [7, 11) is 1.65. The number of nitrogens with one attached hydrogen (secondary N) is 1. The van der Waals surface area contributed by atoms with Gasteiger partial charge in [-0.05, 0) is 42.8 Å². The zero-order valence-electron chi connectivity index (χ0n) is 22.6. The molecule has 11 heteroatoms. The van der Waals surface area contributed by atoms with Crippen LogP contribution in [0.2, 0.25) is 0 Å². The Morgan fingerprint density at radius 3 is 2.67 bits per heavy atom. The number of anilines is 2. The number of primary amides is 1. The molecule has 2 saturated heterocycles. The van der Waals surface area contributed by atoms with Gasteiger partial charge in [-0.3, -0.25) is 9.78 Å². The van der Waals surface area contributed by atoms with Crippen molar-refractivity contribution in [3.05, 3.63) is 66.2 Å². The van der Waals surface area contributed by atoms with Crippen molar-refractivity contribution in [2.75, 3.05) is 38.4 Å². The van der Waals surface area contributed by atoms with E-state index < -0.39 is 5.91 Å². The number of ether oxygens (including phenoxy) is 3. The van der Waals surface area contributed by atoms with E-state index in [0.717, 1.165) is 54.1 Å². The van der Waals surface area contributed by atoms with Crippen molar-refractivity contribution in [3.63, 3.8) is 0 Å². The molecule has 2 unspecified atom stereocenters. The monoisotopic (exact) mass is 543 g/mol. The summed E-state index contributed by atoms with van der Waals surface area (Å²) >= 11 is 0. The number of aromatic nitrogens is 4. The fourth-order valence-electron chi connectivity index (χ4n) is 5.43. The molecule has 208 valence electrons. The summed E-state index contributed by atoms with van der Waals surface area (Å²) in [6.07, 6.45) is 7.16. The van der Waals surface area contributed by atoms with Crippen LogP contribution in [0.3, 0.4) is 0 Å². The maximum atomic E-state index is 11.5. The van der Waals surface area contributed by atoms with Crippen LogP contribution >= 0.6 is 0 Å². The van der Waals surface area contributed by atoms with Gasteiger partial charge < -0.3 is 30.2 Å². The Balaban J connectivity index is 1.30. The summed E-state index contributed by atoms with van der Waals surface area (Å²) in [4.78, 5) is 22.4. The number of nitrogens with two attached hydrogens (primary N) is 1. The second-order valence-corrected chi connectivity index (χ2v) is 10.3. The van der Waals surface area contributed by atoms with Gasteiger partial charge in [-0.1, -0.05) is 0 Å². The van der Waals surface area contributed by atoms with Gasteiger partial charge in [-0.15, -0.1) is 5.10 Å². The second kappa shape index (κ2) is 11.2. The summed E-state index contributed by atoms with van der Waals surface area (Å²) < 4.78 is 19.4. The van der Waals surface area contributed by atoms with Crippen molar-refractivity contribution in [1.29, 1.82) is 0 Å². The molecule has 0 spiro atoms. The molecule has 1 amide bonds. The summed E-state index contributed by atoms with van der Waals surface area (Å²) in [5.41, 5.74) is 9.59. The second-order valence-electron chi connectivity index (χ2n) is 10.3. The zero-order valence-corrected chi connectivity index (χ0v) is 22.6. The van der Waals surface area contributed by atoms with Gasteiger partial charge in [0.25, 0.3) is 0 Å². The smallest absolute Gasteiger partial charge is 0.250 e. The molecule has 0 aromatic carbocycles. The Bertz CT molecular complexity index is 1490. The van der Waals surface area contributed by atoms with Gasteiger partial charge in [0.2, 0.25) is 5.91 Å². The summed E-state index contributed by atoms with van der Waals surface area (Å²) in [5.74, 6) is 1.61. The minimum absolute atomic E-state index is 0.108. The van der Waals surface area contributed by atoms with E-state index in [2.05, 4.69) is 27.4 Å². The van der Waals surface area contributed by atoms with Crippen LogP contribution in [0.1, 0.15) is 28.9 Å². The van der Waals surface area contributed by atoms with Crippen LogP contribution < -0.4 is 20.7 Å². The number of fused-ring (bicyclic) bond motifs is 3. The Labute approximate surface area is 232 Å². The number of piperidine rings is 1. The van der Waals surface area contributed by atoms with Crippen LogP contribution in [0.5, 0.6) is 5.75 Å². The highest BCUT2D eigenvalue weighted by Gasteiger charge is 2.33. The molecule has 2 atom stereocenters. The number of hydrogen-bond acceptors (Lipinski definition) is 9. The number of hydrogen-bond donors (Lipinski definition) is 2. The molecule has 0 saturated carbocycles. The molecule has 2 fully saturated rings. The first-order valence-electron chi connectivity index (χ1n) is 13.5. The van der Waals surface area contributed by atoms with E-state index >= 15 is 0 Å². The molecular formula is C29H33N7O4. The quantitative estimate of drug-likeness (QED) is 0.327. The van der Waals surface area contributed by atoms with E-state index in [9.17, 15) is 4.79 Å². The lowest BCUT2D eigenvalue weighted by atomic mass is 9.94. The SMILES string of the molecule is COCCN(c1ccc(C(N)=O)cn1)c1cc2cc(-c3cc(C)ncc3OC3CC4COCC(C3)N4)ccn2n1. The normalized spacial score (nSPS) is 20.4. The Kier molecular flexibility index (Phi) is 7.33. The number of methoxy groups -OCH3 is 1. The molecule has 40 heavy (non-hydrogen) atoms. The highest BCUT2D eigenvalue weighted by molar-refractivity contribution is 5.92. The van der Waals surface area contributed by atoms with Crippen LogP contribution in [0.15, 0.2) is 55.0 Å². The third-order valence-corrected chi connectivity index (χ3v) is 7.37. The average molecular weight is 544 g/mol. The molecule has 3 N–H and O–H groups in total. The van der Waals surface area contributed by atoms with Crippen LogP contribution in [-0.4, -0.2) is 77.2 Å². The maximum absolute atomic E-state index is 11.5. The number of aryl methyl sites for hydroxylation is 1. The minimum atomic E-state index is -0.519. The lowest BCUT2D eigenvalue weighted by Gasteiger charge is -2.40. The lowest BCUT2D eigenvalue weighted by Crippen LogP contribution is -2.56. The number of rotatable bonds is 9. The van der Waals surface area contributed by atoms with Crippen molar-refractivity contribution >= 4 is 23.1 Å². The number of carbonyl (C=O) groups excluding carboxylic acids is 1.